The van der Waals surface area contributed by atoms with Gasteiger partial charge in [0.25, 0.3) is 5.91 Å². The van der Waals surface area contributed by atoms with Crippen molar-refractivity contribution in [1.29, 1.82) is 0 Å². The lowest BCUT2D eigenvalue weighted by molar-refractivity contribution is -0.123. The van der Waals surface area contributed by atoms with E-state index >= 15 is 0 Å². The molecule has 6 aromatic rings. The molecule has 0 aromatic heterocycles. The number of amides is 1. The molecular formula is C48H44BrNO6. The van der Waals surface area contributed by atoms with Gasteiger partial charge in [0.15, 0.2) is 6.61 Å². The van der Waals surface area contributed by atoms with Gasteiger partial charge in [-0.1, -0.05) is 126 Å². The molecular weight excluding hydrogens is 766 g/mol. The van der Waals surface area contributed by atoms with Crippen LogP contribution in [0.4, 0.5) is 0 Å². The van der Waals surface area contributed by atoms with Crippen molar-refractivity contribution in [3.8, 4) is 23.0 Å². The van der Waals surface area contributed by atoms with Gasteiger partial charge in [0.05, 0.1) is 18.2 Å². The Hall–Kier alpha value is -5.86. The molecule has 8 bridgehead atoms. The van der Waals surface area contributed by atoms with E-state index in [1.54, 1.807) is 12.1 Å². The number of benzene rings is 6. The molecule has 7 rings (SSSR count). The minimum atomic E-state index is -0.459. The van der Waals surface area contributed by atoms with Gasteiger partial charge in [0.1, 0.15) is 23.0 Å². The van der Waals surface area contributed by atoms with Crippen LogP contribution in [0.15, 0.2) is 132 Å². The van der Waals surface area contributed by atoms with Crippen LogP contribution >= 0.6 is 15.9 Å². The number of para-hydroxylation sites is 3. The van der Waals surface area contributed by atoms with Gasteiger partial charge in [-0.05, 0) is 87.7 Å². The van der Waals surface area contributed by atoms with Crippen molar-refractivity contribution in [3.63, 3.8) is 0 Å². The molecule has 56 heavy (non-hydrogen) atoms. The minimum Gasteiger partial charge on any atom is -0.507 e. The van der Waals surface area contributed by atoms with Crippen LogP contribution in [-0.4, -0.2) is 30.2 Å². The van der Waals surface area contributed by atoms with Gasteiger partial charge in [-0.25, -0.2) is 4.79 Å². The predicted octanol–water partition coefficient (Wildman–Crippen LogP) is 10.1. The first kappa shape index (κ1) is 38.4. The fraction of sp³-hybridized carbons (Fsp3) is 0.208. The van der Waals surface area contributed by atoms with Crippen LogP contribution in [0.25, 0.3) is 0 Å². The summed E-state index contributed by atoms with van der Waals surface area (Å²) >= 11 is 3.71. The third kappa shape index (κ3) is 8.98. The molecule has 1 amide bonds. The molecule has 7 nitrogen and oxygen atoms in total. The second-order valence-electron chi connectivity index (χ2n) is 14.1. The first-order chi connectivity index (χ1) is 27.3. The van der Waals surface area contributed by atoms with E-state index in [-0.39, 0.29) is 24.3 Å². The van der Waals surface area contributed by atoms with Crippen LogP contribution in [0.2, 0.25) is 0 Å². The van der Waals surface area contributed by atoms with Gasteiger partial charge in [0.2, 0.25) is 0 Å². The summed E-state index contributed by atoms with van der Waals surface area (Å²) in [7, 11) is 0. The van der Waals surface area contributed by atoms with E-state index in [2.05, 4.69) is 28.2 Å². The zero-order chi connectivity index (χ0) is 39.0. The number of rotatable bonds is 10. The molecule has 0 unspecified atom stereocenters. The standard InChI is InChI=1S/C48H44BrNO6/c1-3-23-54-45-34-17-10-19-36(45)26-40-28-42(49)29-41(44(40)52)27-37-20-11-18-35(46(37)55-30-43(51)50-31(2)32-13-6-4-7-14-32)25-39-22-12-21-38(24-34)47(39)56-48(53)33-15-8-5-9-16-33/h4-22,28-29,31,52H,3,23-27,30H2,1-2H3,(H,50,51)/t31-/m1/s1. The Morgan fingerprint density at radius 2 is 1.11 bits per heavy atom. The maximum Gasteiger partial charge on any atom is 0.343 e. The summed E-state index contributed by atoms with van der Waals surface area (Å²) in [4.78, 5) is 27.1. The summed E-state index contributed by atoms with van der Waals surface area (Å²) in [5.41, 5.74) is 7.95. The number of halogens is 1. The molecule has 6 aromatic carbocycles. The number of hydrogen-bond donors (Lipinski definition) is 2. The largest absolute Gasteiger partial charge is 0.507 e. The first-order valence-corrected chi connectivity index (χ1v) is 19.8. The van der Waals surface area contributed by atoms with Crippen molar-refractivity contribution < 1.29 is 28.9 Å². The van der Waals surface area contributed by atoms with Gasteiger partial charge in [0, 0.05) is 30.2 Å². The van der Waals surface area contributed by atoms with E-state index < -0.39 is 5.97 Å². The molecule has 0 spiro atoms. The molecule has 1 aliphatic carbocycles. The Balaban J connectivity index is 1.35. The van der Waals surface area contributed by atoms with E-state index in [9.17, 15) is 14.7 Å². The van der Waals surface area contributed by atoms with Gasteiger partial charge < -0.3 is 24.6 Å². The van der Waals surface area contributed by atoms with E-state index in [0.29, 0.717) is 54.9 Å². The van der Waals surface area contributed by atoms with Crippen LogP contribution in [0.5, 0.6) is 23.0 Å². The average molecular weight is 811 g/mol. The third-order valence-electron chi connectivity index (χ3n) is 9.97. The van der Waals surface area contributed by atoms with Crippen LogP contribution in [0.3, 0.4) is 0 Å². The highest BCUT2D eigenvalue weighted by Gasteiger charge is 2.23. The molecule has 1 atom stereocenters. The molecule has 8 heteroatoms. The lowest BCUT2D eigenvalue weighted by Crippen LogP contribution is -2.31. The minimum absolute atomic E-state index is 0.193. The van der Waals surface area contributed by atoms with Gasteiger partial charge in [-0.3, -0.25) is 4.79 Å². The summed E-state index contributed by atoms with van der Waals surface area (Å²) in [6.45, 7) is 4.32. The zero-order valence-electron chi connectivity index (χ0n) is 31.5. The Labute approximate surface area is 336 Å². The van der Waals surface area contributed by atoms with Gasteiger partial charge >= 0.3 is 5.97 Å². The highest BCUT2D eigenvalue weighted by molar-refractivity contribution is 9.10. The van der Waals surface area contributed by atoms with Crippen molar-refractivity contribution in [2.75, 3.05) is 13.2 Å². The SMILES string of the molecule is CCCOc1c2cccc1Cc1cccc(c1OC(=O)c1ccccc1)Cc1cccc(c1OCC(=O)N[C@H](C)c1ccccc1)Cc1cc(Br)cc(c1O)C2. The number of phenols is 1. The number of phenolic OH excluding ortho intramolecular Hbond substituents is 1. The van der Waals surface area contributed by atoms with Crippen molar-refractivity contribution in [1.82, 2.24) is 5.32 Å². The van der Waals surface area contributed by atoms with Gasteiger partial charge in [-0.15, -0.1) is 0 Å². The normalized spacial score (nSPS) is 12.6. The lowest BCUT2D eigenvalue weighted by Gasteiger charge is -2.22. The second kappa shape index (κ2) is 17.7. The molecule has 284 valence electrons. The second-order valence-corrected chi connectivity index (χ2v) is 15.0. The van der Waals surface area contributed by atoms with Gasteiger partial charge in [-0.2, -0.15) is 0 Å². The number of esters is 1. The zero-order valence-corrected chi connectivity index (χ0v) is 33.1. The topological polar surface area (TPSA) is 94.1 Å². The highest BCUT2D eigenvalue weighted by atomic mass is 79.9. The number of ether oxygens (including phenoxy) is 3. The molecule has 0 saturated carbocycles. The fourth-order valence-corrected chi connectivity index (χ4v) is 7.79. The molecule has 0 aliphatic heterocycles. The van der Waals surface area contributed by atoms with Crippen LogP contribution < -0.4 is 19.5 Å². The molecule has 2 N–H and O–H groups in total. The summed E-state index contributed by atoms with van der Waals surface area (Å²) in [6.07, 6.45) is 2.34. The molecule has 1 aliphatic rings. The van der Waals surface area contributed by atoms with Crippen molar-refractivity contribution in [3.05, 3.63) is 188 Å². The number of carbonyl (C=O) groups is 2. The van der Waals surface area contributed by atoms with Crippen molar-refractivity contribution in [2.24, 2.45) is 0 Å². The monoisotopic (exact) mass is 809 g/mol. The summed E-state index contributed by atoms with van der Waals surface area (Å²) in [6, 6.07) is 40.3. The number of nitrogens with one attached hydrogen (secondary N) is 1. The van der Waals surface area contributed by atoms with Crippen LogP contribution in [-0.2, 0) is 30.5 Å². The molecule has 0 fully saturated rings. The number of aromatic hydroxyl groups is 1. The van der Waals surface area contributed by atoms with E-state index in [1.165, 1.54) is 0 Å². The predicted molar refractivity (Wildman–Crippen MR) is 222 cm³/mol. The van der Waals surface area contributed by atoms with Crippen molar-refractivity contribution >= 4 is 27.8 Å². The van der Waals surface area contributed by atoms with E-state index in [1.807, 2.05) is 122 Å². The number of hydrogen-bond acceptors (Lipinski definition) is 6. The maximum absolute atomic E-state index is 13.7. The molecule has 0 radical (unpaired) electrons. The summed E-state index contributed by atoms with van der Waals surface area (Å²) < 4.78 is 20.1. The Morgan fingerprint density at radius 1 is 0.643 bits per heavy atom. The number of carbonyl (C=O) groups excluding carboxylic acids is 2. The Kier molecular flexibility index (Phi) is 12.2. The van der Waals surface area contributed by atoms with E-state index in [4.69, 9.17) is 14.2 Å². The van der Waals surface area contributed by atoms with Crippen LogP contribution in [0, 0.1) is 0 Å². The maximum atomic E-state index is 13.7. The fourth-order valence-electron chi connectivity index (χ4n) is 7.23. The summed E-state index contributed by atoms with van der Waals surface area (Å²) in [5, 5.41) is 14.9. The summed E-state index contributed by atoms with van der Waals surface area (Å²) in [5.74, 6) is 1.23. The van der Waals surface area contributed by atoms with Crippen LogP contribution in [0.1, 0.15) is 86.7 Å². The molecule has 0 heterocycles. The third-order valence-corrected chi connectivity index (χ3v) is 10.4. The molecule has 0 saturated heterocycles. The first-order valence-electron chi connectivity index (χ1n) is 19.0. The smallest absolute Gasteiger partial charge is 0.343 e. The number of fused-ring (bicyclic) bond motifs is 8. The Bertz CT molecular complexity index is 2340. The average Bonchev–Trinajstić information content (AvgIpc) is 3.20. The highest BCUT2D eigenvalue weighted by Crippen LogP contribution is 2.39. The lowest BCUT2D eigenvalue weighted by atomic mass is 9.91. The van der Waals surface area contributed by atoms with E-state index in [0.717, 1.165) is 61.2 Å². The Morgan fingerprint density at radius 3 is 1.62 bits per heavy atom. The quantitative estimate of drug-likeness (QED) is 0.106. The van der Waals surface area contributed by atoms with Crippen molar-refractivity contribution in [2.45, 2.75) is 52.0 Å².